The number of likely N-dealkylation sites (tertiary alicyclic amines) is 1. The van der Waals surface area contributed by atoms with Crippen molar-refractivity contribution in [3.63, 3.8) is 0 Å². The molecule has 1 aliphatic rings. The van der Waals surface area contributed by atoms with Crippen LogP contribution in [0.5, 0.6) is 0 Å². The third kappa shape index (κ3) is 2.35. The lowest BCUT2D eigenvalue weighted by atomic mass is 9.99. The number of fused-ring (bicyclic) bond motifs is 1. The zero-order chi connectivity index (χ0) is 14.3. The van der Waals surface area contributed by atoms with Gasteiger partial charge in [-0.3, -0.25) is 4.79 Å². The predicted molar refractivity (Wildman–Crippen MR) is 77.7 cm³/mol. The quantitative estimate of drug-likeness (QED) is 0.793. The van der Waals surface area contributed by atoms with Gasteiger partial charge in [-0.15, -0.1) is 0 Å². The minimum Gasteiger partial charge on any atom is -0.338 e. The molecular weight excluding hydrogens is 277 g/mol. The number of imidazole rings is 1. The summed E-state index contributed by atoms with van der Waals surface area (Å²) in [5.41, 5.74) is 1.46. The molecular formula is C14H16FN3OS. The van der Waals surface area contributed by atoms with Crippen molar-refractivity contribution >= 4 is 29.2 Å². The molecule has 2 aromatic rings. The number of rotatable bonds is 1. The second kappa shape index (κ2) is 5.01. The van der Waals surface area contributed by atoms with Crippen LogP contribution in [0.3, 0.4) is 0 Å². The van der Waals surface area contributed by atoms with E-state index in [1.807, 2.05) is 0 Å². The van der Waals surface area contributed by atoms with Crippen LogP contribution in [-0.4, -0.2) is 33.9 Å². The van der Waals surface area contributed by atoms with Crippen LogP contribution in [0.4, 0.5) is 4.39 Å². The molecule has 1 unspecified atom stereocenters. The predicted octanol–water partition coefficient (Wildman–Crippen LogP) is 3.24. The zero-order valence-electron chi connectivity index (χ0n) is 11.2. The Morgan fingerprint density at radius 3 is 3.00 bits per heavy atom. The van der Waals surface area contributed by atoms with E-state index in [-0.39, 0.29) is 5.91 Å². The molecule has 4 nitrogen and oxygen atoms in total. The fraction of sp³-hybridized carbons (Fsp3) is 0.429. The SMILES string of the molecule is CC1CCCN(C(=O)c2cc(F)cc3[nH]c(=S)[nH]c23)C1. The van der Waals surface area contributed by atoms with Crippen LogP contribution in [0, 0.1) is 16.5 Å². The van der Waals surface area contributed by atoms with Gasteiger partial charge in [0.1, 0.15) is 5.82 Å². The van der Waals surface area contributed by atoms with Crippen LogP contribution in [0.2, 0.25) is 0 Å². The van der Waals surface area contributed by atoms with Gasteiger partial charge >= 0.3 is 0 Å². The number of halogens is 1. The van der Waals surface area contributed by atoms with Crippen molar-refractivity contribution in [3.8, 4) is 0 Å². The van der Waals surface area contributed by atoms with Crippen molar-refractivity contribution < 1.29 is 9.18 Å². The van der Waals surface area contributed by atoms with E-state index in [2.05, 4.69) is 16.9 Å². The van der Waals surface area contributed by atoms with Crippen molar-refractivity contribution in [3.05, 3.63) is 28.3 Å². The van der Waals surface area contributed by atoms with Gasteiger partial charge in [0, 0.05) is 13.1 Å². The van der Waals surface area contributed by atoms with Gasteiger partial charge in [-0.2, -0.15) is 0 Å². The highest BCUT2D eigenvalue weighted by Gasteiger charge is 2.24. The summed E-state index contributed by atoms with van der Waals surface area (Å²) >= 11 is 5.02. The number of aromatic amines is 2. The first-order chi connectivity index (χ1) is 9.54. The lowest BCUT2D eigenvalue weighted by Crippen LogP contribution is -2.39. The first kappa shape index (κ1) is 13.3. The smallest absolute Gasteiger partial charge is 0.256 e. The van der Waals surface area contributed by atoms with Crippen LogP contribution in [-0.2, 0) is 0 Å². The number of nitrogens with zero attached hydrogens (tertiary/aromatic N) is 1. The topological polar surface area (TPSA) is 51.9 Å². The minimum absolute atomic E-state index is 0.133. The number of carbonyl (C=O) groups is 1. The van der Waals surface area contributed by atoms with Gasteiger partial charge in [0.15, 0.2) is 4.77 Å². The largest absolute Gasteiger partial charge is 0.338 e. The molecule has 1 amide bonds. The van der Waals surface area contributed by atoms with Crippen LogP contribution in [0.25, 0.3) is 11.0 Å². The fourth-order valence-corrected chi connectivity index (χ4v) is 3.03. The Morgan fingerprint density at radius 1 is 1.45 bits per heavy atom. The molecule has 1 aliphatic heterocycles. The molecule has 1 aromatic carbocycles. The first-order valence-corrected chi connectivity index (χ1v) is 7.16. The van der Waals surface area contributed by atoms with Gasteiger partial charge in [-0.1, -0.05) is 6.92 Å². The molecule has 0 bridgehead atoms. The summed E-state index contributed by atoms with van der Waals surface area (Å²) in [6.45, 7) is 3.58. The number of piperidine rings is 1. The van der Waals surface area contributed by atoms with E-state index < -0.39 is 5.82 Å². The van der Waals surface area contributed by atoms with E-state index in [1.54, 1.807) is 4.90 Å². The highest BCUT2D eigenvalue weighted by Crippen LogP contribution is 2.23. The van der Waals surface area contributed by atoms with Gasteiger partial charge in [0.2, 0.25) is 0 Å². The number of aromatic nitrogens is 2. The summed E-state index contributed by atoms with van der Waals surface area (Å²) in [4.78, 5) is 20.2. The lowest BCUT2D eigenvalue weighted by Gasteiger charge is -2.31. The maximum Gasteiger partial charge on any atom is 0.256 e. The third-order valence-electron chi connectivity index (χ3n) is 3.76. The van der Waals surface area contributed by atoms with E-state index in [4.69, 9.17) is 12.2 Å². The molecule has 0 aliphatic carbocycles. The molecule has 6 heteroatoms. The fourth-order valence-electron chi connectivity index (χ4n) is 2.82. The number of benzene rings is 1. The molecule has 1 fully saturated rings. The number of hydrogen-bond acceptors (Lipinski definition) is 2. The molecule has 0 spiro atoms. The van der Waals surface area contributed by atoms with Crippen molar-refractivity contribution in [2.75, 3.05) is 13.1 Å². The summed E-state index contributed by atoms with van der Waals surface area (Å²) in [5.74, 6) is -0.0797. The van der Waals surface area contributed by atoms with Gasteiger partial charge in [-0.25, -0.2) is 4.39 Å². The Bertz CT molecular complexity index is 721. The first-order valence-electron chi connectivity index (χ1n) is 6.75. The Labute approximate surface area is 121 Å². The number of hydrogen-bond donors (Lipinski definition) is 2. The Morgan fingerprint density at radius 2 is 2.25 bits per heavy atom. The monoisotopic (exact) mass is 293 g/mol. The van der Waals surface area contributed by atoms with E-state index in [0.29, 0.717) is 27.3 Å². The summed E-state index contributed by atoms with van der Waals surface area (Å²) in [6.07, 6.45) is 2.13. The number of amides is 1. The molecule has 20 heavy (non-hydrogen) atoms. The zero-order valence-corrected chi connectivity index (χ0v) is 12.0. The van der Waals surface area contributed by atoms with Crippen LogP contribution in [0.1, 0.15) is 30.1 Å². The van der Waals surface area contributed by atoms with E-state index >= 15 is 0 Å². The second-order valence-corrected chi connectivity index (χ2v) is 5.86. The van der Waals surface area contributed by atoms with Crippen molar-refractivity contribution in [2.24, 2.45) is 5.92 Å². The minimum atomic E-state index is -0.434. The average molecular weight is 293 g/mol. The maximum absolute atomic E-state index is 13.7. The van der Waals surface area contributed by atoms with Gasteiger partial charge in [0.25, 0.3) is 5.91 Å². The average Bonchev–Trinajstić information content (AvgIpc) is 2.77. The van der Waals surface area contributed by atoms with Crippen molar-refractivity contribution in [2.45, 2.75) is 19.8 Å². The van der Waals surface area contributed by atoms with Crippen molar-refractivity contribution in [1.29, 1.82) is 0 Å². The van der Waals surface area contributed by atoms with Crippen LogP contribution >= 0.6 is 12.2 Å². The van der Waals surface area contributed by atoms with Crippen LogP contribution < -0.4 is 0 Å². The molecule has 0 saturated carbocycles. The molecule has 1 atom stereocenters. The highest BCUT2D eigenvalue weighted by molar-refractivity contribution is 7.71. The number of H-pyrrole nitrogens is 2. The van der Waals surface area contributed by atoms with E-state index in [0.717, 1.165) is 25.9 Å². The van der Waals surface area contributed by atoms with Crippen molar-refractivity contribution in [1.82, 2.24) is 14.9 Å². The lowest BCUT2D eigenvalue weighted by molar-refractivity contribution is 0.0684. The summed E-state index contributed by atoms with van der Waals surface area (Å²) in [5, 5.41) is 0. The summed E-state index contributed by atoms with van der Waals surface area (Å²) in [6, 6.07) is 2.63. The Balaban J connectivity index is 2.04. The van der Waals surface area contributed by atoms with Crippen LogP contribution in [0.15, 0.2) is 12.1 Å². The van der Waals surface area contributed by atoms with Gasteiger partial charge in [-0.05, 0) is 43.1 Å². The maximum atomic E-state index is 13.7. The number of carbonyl (C=O) groups excluding carboxylic acids is 1. The molecule has 106 valence electrons. The van der Waals surface area contributed by atoms with E-state index in [1.165, 1.54) is 12.1 Å². The highest BCUT2D eigenvalue weighted by atomic mass is 32.1. The Kier molecular flexibility index (Phi) is 3.33. The molecule has 2 N–H and O–H groups in total. The van der Waals surface area contributed by atoms with E-state index in [9.17, 15) is 9.18 Å². The Hall–Kier alpha value is -1.69. The summed E-state index contributed by atoms with van der Waals surface area (Å²) < 4.78 is 14.1. The standard InChI is InChI=1S/C14H16FN3OS/c1-8-3-2-4-18(7-8)13(19)10-5-9(15)6-11-12(10)17-14(20)16-11/h5-6,8H,2-4,7H2,1H3,(H2,16,17,20). The number of nitrogens with one attached hydrogen (secondary N) is 2. The van der Waals surface area contributed by atoms with Gasteiger partial charge < -0.3 is 14.9 Å². The molecule has 0 radical (unpaired) electrons. The third-order valence-corrected chi connectivity index (χ3v) is 3.97. The summed E-state index contributed by atoms with van der Waals surface area (Å²) in [7, 11) is 0. The van der Waals surface area contributed by atoms with Gasteiger partial charge in [0.05, 0.1) is 16.6 Å². The molecule has 1 saturated heterocycles. The molecule has 1 aromatic heterocycles. The molecule has 2 heterocycles. The second-order valence-electron chi connectivity index (χ2n) is 5.45. The molecule has 3 rings (SSSR count). The normalized spacial score (nSPS) is 19.5.